The van der Waals surface area contributed by atoms with E-state index in [-0.39, 0.29) is 12.1 Å². The van der Waals surface area contributed by atoms with E-state index in [2.05, 4.69) is 68.6 Å². The van der Waals surface area contributed by atoms with E-state index in [1.54, 1.807) is 7.11 Å². The lowest BCUT2D eigenvalue weighted by Gasteiger charge is -2.25. The highest BCUT2D eigenvalue weighted by Gasteiger charge is 2.16. The Bertz CT molecular complexity index is 565. The van der Waals surface area contributed by atoms with Crippen LogP contribution in [0.4, 0.5) is 0 Å². The molecule has 0 spiro atoms. The van der Waals surface area contributed by atoms with Gasteiger partial charge in [0.15, 0.2) is 0 Å². The van der Waals surface area contributed by atoms with Crippen molar-refractivity contribution >= 4 is 0 Å². The van der Waals surface area contributed by atoms with Crippen molar-refractivity contribution in [3.05, 3.63) is 70.8 Å². The molecule has 112 valence electrons. The van der Waals surface area contributed by atoms with Crippen molar-refractivity contribution in [3.8, 4) is 0 Å². The molecule has 0 bridgehead atoms. The van der Waals surface area contributed by atoms with Crippen molar-refractivity contribution in [3.63, 3.8) is 0 Å². The van der Waals surface area contributed by atoms with Gasteiger partial charge in [-0.1, -0.05) is 54.1 Å². The number of ether oxygens (including phenoxy) is 1. The van der Waals surface area contributed by atoms with Crippen LogP contribution in [-0.4, -0.2) is 13.7 Å². The molecular formula is C19H25NO. The molecule has 0 amide bonds. The summed E-state index contributed by atoms with van der Waals surface area (Å²) in [6.45, 7) is 7.18. The van der Waals surface area contributed by atoms with Gasteiger partial charge in [0.05, 0.1) is 12.6 Å². The van der Waals surface area contributed by atoms with E-state index < -0.39 is 0 Å². The molecule has 0 saturated carbocycles. The second-order valence-electron chi connectivity index (χ2n) is 5.67. The quantitative estimate of drug-likeness (QED) is 0.851. The number of aryl methyl sites for hydroxylation is 2. The van der Waals surface area contributed by atoms with Gasteiger partial charge < -0.3 is 10.1 Å². The first-order valence-electron chi connectivity index (χ1n) is 7.49. The van der Waals surface area contributed by atoms with E-state index in [1.165, 1.54) is 22.3 Å². The lowest BCUT2D eigenvalue weighted by Crippen LogP contribution is -2.28. The van der Waals surface area contributed by atoms with E-state index in [4.69, 9.17) is 4.74 Å². The number of hydrogen-bond acceptors (Lipinski definition) is 2. The fourth-order valence-electron chi connectivity index (χ4n) is 2.80. The summed E-state index contributed by atoms with van der Waals surface area (Å²) in [5, 5.41) is 3.69. The monoisotopic (exact) mass is 283 g/mol. The minimum Gasteiger partial charge on any atom is -0.383 e. The Morgan fingerprint density at radius 3 is 2.38 bits per heavy atom. The van der Waals surface area contributed by atoms with Gasteiger partial charge in [-0.3, -0.25) is 0 Å². The van der Waals surface area contributed by atoms with Crippen molar-refractivity contribution in [1.82, 2.24) is 5.32 Å². The second-order valence-corrected chi connectivity index (χ2v) is 5.67. The van der Waals surface area contributed by atoms with Crippen LogP contribution in [-0.2, 0) is 4.74 Å². The summed E-state index contributed by atoms with van der Waals surface area (Å²) < 4.78 is 5.38. The maximum atomic E-state index is 5.38. The summed E-state index contributed by atoms with van der Waals surface area (Å²) in [5.41, 5.74) is 5.24. The molecule has 2 heteroatoms. The summed E-state index contributed by atoms with van der Waals surface area (Å²) in [6, 6.07) is 17.6. The molecule has 2 nitrogen and oxygen atoms in total. The molecule has 0 saturated heterocycles. The molecule has 0 aliphatic rings. The van der Waals surface area contributed by atoms with Gasteiger partial charge in [-0.05, 0) is 37.5 Å². The largest absolute Gasteiger partial charge is 0.383 e. The predicted molar refractivity (Wildman–Crippen MR) is 88.5 cm³/mol. The number of methoxy groups -OCH3 is 1. The average molecular weight is 283 g/mol. The predicted octanol–water partition coefficient (Wildman–Crippen LogP) is 4.34. The molecule has 0 fully saturated rings. The minimum atomic E-state index is 0.201. The normalized spacial score (nSPS) is 13.9. The van der Waals surface area contributed by atoms with E-state index in [9.17, 15) is 0 Å². The summed E-state index contributed by atoms with van der Waals surface area (Å²) >= 11 is 0. The molecule has 0 aliphatic carbocycles. The first-order chi connectivity index (χ1) is 10.1. The topological polar surface area (TPSA) is 21.3 Å². The number of hydrogen-bond donors (Lipinski definition) is 1. The molecule has 2 atom stereocenters. The third-order valence-electron chi connectivity index (χ3n) is 3.88. The van der Waals surface area contributed by atoms with E-state index in [0.717, 1.165) is 0 Å². The van der Waals surface area contributed by atoms with E-state index in [0.29, 0.717) is 6.61 Å². The highest BCUT2D eigenvalue weighted by molar-refractivity contribution is 5.33. The van der Waals surface area contributed by atoms with Crippen LogP contribution >= 0.6 is 0 Å². The van der Waals surface area contributed by atoms with Gasteiger partial charge in [-0.25, -0.2) is 0 Å². The zero-order valence-electron chi connectivity index (χ0n) is 13.4. The van der Waals surface area contributed by atoms with Gasteiger partial charge in [-0.2, -0.15) is 0 Å². The van der Waals surface area contributed by atoms with Crippen LogP contribution in [0.5, 0.6) is 0 Å². The SMILES string of the molecule is COCC(NC(C)c1ccc(C)cc1C)c1ccccc1. The maximum Gasteiger partial charge on any atom is 0.0657 e. The molecule has 0 radical (unpaired) electrons. The van der Waals surface area contributed by atoms with Crippen molar-refractivity contribution in [1.29, 1.82) is 0 Å². The van der Waals surface area contributed by atoms with Crippen LogP contribution in [0.3, 0.4) is 0 Å². The standard InChI is InChI=1S/C19H25NO/c1-14-10-11-18(15(2)12-14)16(3)20-19(13-21-4)17-8-6-5-7-9-17/h5-12,16,19-20H,13H2,1-4H3. The lowest BCUT2D eigenvalue weighted by atomic mass is 9.98. The highest BCUT2D eigenvalue weighted by atomic mass is 16.5. The Kier molecular flexibility index (Phi) is 5.54. The van der Waals surface area contributed by atoms with Crippen LogP contribution in [0.2, 0.25) is 0 Å². The van der Waals surface area contributed by atoms with Crippen molar-refractivity contribution in [2.45, 2.75) is 32.9 Å². The number of benzene rings is 2. The van der Waals surface area contributed by atoms with Gasteiger partial charge in [0.2, 0.25) is 0 Å². The molecule has 1 N–H and O–H groups in total. The Labute approximate surface area is 128 Å². The molecule has 2 aromatic carbocycles. The fraction of sp³-hybridized carbons (Fsp3) is 0.368. The van der Waals surface area contributed by atoms with E-state index >= 15 is 0 Å². The lowest BCUT2D eigenvalue weighted by molar-refractivity contribution is 0.162. The van der Waals surface area contributed by atoms with Gasteiger partial charge in [0, 0.05) is 13.2 Å². The van der Waals surface area contributed by atoms with Crippen LogP contribution in [0, 0.1) is 13.8 Å². The second kappa shape index (κ2) is 7.39. The molecule has 2 aromatic rings. The van der Waals surface area contributed by atoms with Gasteiger partial charge in [-0.15, -0.1) is 0 Å². The van der Waals surface area contributed by atoms with Crippen LogP contribution < -0.4 is 5.32 Å². The zero-order valence-corrected chi connectivity index (χ0v) is 13.4. The summed E-state index contributed by atoms with van der Waals surface area (Å²) in [7, 11) is 1.75. The van der Waals surface area contributed by atoms with Crippen LogP contribution in [0.25, 0.3) is 0 Å². The van der Waals surface area contributed by atoms with Gasteiger partial charge in [0.1, 0.15) is 0 Å². The highest BCUT2D eigenvalue weighted by Crippen LogP contribution is 2.23. The molecule has 0 heterocycles. The fourth-order valence-corrected chi connectivity index (χ4v) is 2.80. The maximum absolute atomic E-state index is 5.38. The molecule has 2 unspecified atom stereocenters. The van der Waals surface area contributed by atoms with Gasteiger partial charge >= 0.3 is 0 Å². The summed E-state index contributed by atoms with van der Waals surface area (Å²) in [4.78, 5) is 0. The average Bonchev–Trinajstić information content (AvgIpc) is 2.47. The van der Waals surface area contributed by atoms with Crippen molar-refractivity contribution in [2.75, 3.05) is 13.7 Å². The number of nitrogens with one attached hydrogen (secondary N) is 1. The minimum absolute atomic E-state index is 0.201. The Balaban J connectivity index is 2.16. The van der Waals surface area contributed by atoms with E-state index in [1.807, 2.05) is 6.07 Å². The molecule has 0 aliphatic heterocycles. The Morgan fingerprint density at radius 1 is 1.05 bits per heavy atom. The van der Waals surface area contributed by atoms with Crippen molar-refractivity contribution < 1.29 is 4.74 Å². The first kappa shape index (κ1) is 15.7. The molecule has 0 aromatic heterocycles. The Morgan fingerprint density at radius 2 is 1.76 bits per heavy atom. The molecular weight excluding hydrogens is 258 g/mol. The number of rotatable bonds is 6. The van der Waals surface area contributed by atoms with Crippen LogP contribution in [0.15, 0.2) is 48.5 Å². The Hall–Kier alpha value is -1.64. The molecule has 21 heavy (non-hydrogen) atoms. The third-order valence-corrected chi connectivity index (χ3v) is 3.88. The first-order valence-corrected chi connectivity index (χ1v) is 7.49. The van der Waals surface area contributed by atoms with Gasteiger partial charge in [0.25, 0.3) is 0 Å². The zero-order chi connectivity index (χ0) is 15.2. The van der Waals surface area contributed by atoms with Crippen LogP contribution in [0.1, 0.15) is 41.3 Å². The molecule has 2 rings (SSSR count). The third kappa shape index (κ3) is 4.16. The smallest absolute Gasteiger partial charge is 0.0657 e. The summed E-state index contributed by atoms with van der Waals surface area (Å²) in [6.07, 6.45) is 0. The van der Waals surface area contributed by atoms with Crippen molar-refractivity contribution in [2.24, 2.45) is 0 Å². The summed E-state index contributed by atoms with van der Waals surface area (Å²) in [5.74, 6) is 0.